The molecule has 0 spiro atoms. The van der Waals surface area contributed by atoms with Gasteiger partial charge < -0.3 is 16.6 Å². The van der Waals surface area contributed by atoms with Crippen molar-refractivity contribution in [3.8, 4) is 0 Å². The zero-order chi connectivity index (χ0) is 14.0. The number of carbonyl (C=O) groups is 2. The van der Waals surface area contributed by atoms with Crippen LogP contribution in [0.4, 0.5) is 0 Å². The summed E-state index contributed by atoms with van der Waals surface area (Å²) in [6, 6.07) is 9.14. The van der Waals surface area contributed by atoms with Gasteiger partial charge in [-0.25, -0.2) is 0 Å². The topological polar surface area (TPSA) is 106 Å². The summed E-state index contributed by atoms with van der Waals surface area (Å²) < 4.78 is 0. The molecular weight excluding hydrogens is 244 g/mol. The Kier molecular flexibility index (Phi) is 3.57. The normalized spacial score (nSPS) is 27.3. The molecule has 1 aliphatic carbocycles. The van der Waals surface area contributed by atoms with E-state index in [1.807, 2.05) is 30.3 Å². The van der Waals surface area contributed by atoms with Gasteiger partial charge in [-0.15, -0.1) is 0 Å². The summed E-state index contributed by atoms with van der Waals surface area (Å²) in [5, 5.41) is 9.67. The van der Waals surface area contributed by atoms with Crippen molar-refractivity contribution in [2.75, 3.05) is 6.61 Å². The molecule has 0 bridgehead atoms. The second kappa shape index (κ2) is 5.01. The van der Waals surface area contributed by atoms with E-state index in [9.17, 15) is 14.7 Å². The molecule has 3 unspecified atom stereocenters. The fourth-order valence-corrected chi connectivity index (χ4v) is 3.13. The SMILES string of the molecule is NC(=O)C1CCC1(C(N)=O)C(CO)c1ccccc1. The monoisotopic (exact) mass is 262 g/mol. The standard InChI is InChI=1S/C14H18N2O3/c15-12(18)10-6-7-14(10,13(16)19)11(8-17)9-4-2-1-3-5-9/h1-5,10-11,17H,6-8H2,(H2,15,18)(H2,16,19). The van der Waals surface area contributed by atoms with Crippen LogP contribution in [-0.4, -0.2) is 23.5 Å². The van der Waals surface area contributed by atoms with Gasteiger partial charge >= 0.3 is 0 Å². The number of aliphatic hydroxyl groups is 1. The molecule has 0 aliphatic heterocycles. The minimum atomic E-state index is -1.05. The van der Waals surface area contributed by atoms with Crippen LogP contribution < -0.4 is 11.5 Å². The van der Waals surface area contributed by atoms with E-state index >= 15 is 0 Å². The predicted octanol–water partition coefficient (Wildman–Crippen LogP) is 0.130. The van der Waals surface area contributed by atoms with Crippen LogP contribution in [0.5, 0.6) is 0 Å². The first-order valence-electron chi connectivity index (χ1n) is 6.29. The Bertz CT molecular complexity index is 489. The summed E-state index contributed by atoms with van der Waals surface area (Å²) in [6.45, 7) is -0.239. The molecule has 1 fully saturated rings. The van der Waals surface area contributed by atoms with Crippen molar-refractivity contribution in [3.63, 3.8) is 0 Å². The average Bonchev–Trinajstić information content (AvgIpc) is 2.33. The predicted molar refractivity (Wildman–Crippen MR) is 69.8 cm³/mol. The highest BCUT2D eigenvalue weighted by molar-refractivity contribution is 5.92. The first kappa shape index (κ1) is 13.5. The van der Waals surface area contributed by atoms with Crippen molar-refractivity contribution < 1.29 is 14.7 Å². The lowest BCUT2D eigenvalue weighted by atomic mass is 9.52. The fourth-order valence-electron chi connectivity index (χ4n) is 3.13. The second-order valence-electron chi connectivity index (χ2n) is 5.04. The molecular formula is C14H18N2O3. The molecule has 0 heterocycles. The molecule has 5 N–H and O–H groups in total. The van der Waals surface area contributed by atoms with Crippen LogP contribution in [0.1, 0.15) is 24.3 Å². The lowest BCUT2D eigenvalue weighted by molar-refractivity contribution is -0.152. The Morgan fingerprint density at radius 1 is 1.32 bits per heavy atom. The van der Waals surface area contributed by atoms with Gasteiger partial charge in [0.25, 0.3) is 0 Å². The molecule has 1 aromatic carbocycles. The van der Waals surface area contributed by atoms with Gasteiger partial charge in [-0.2, -0.15) is 0 Å². The van der Waals surface area contributed by atoms with Gasteiger partial charge in [-0.1, -0.05) is 30.3 Å². The quantitative estimate of drug-likeness (QED) is 0.702. The molecule has 1 aromatic rings. The van der Waals surface area contributed by atoms with E-state index < -0.39 is 29.1 Å². The highest BCUT2D eigenvalue weighted by Gasteiger charge is 2.58. The van der Waals surface area contributed by atoms with Gasteiger partial charge in [0, 0.05) is 5.92 Å². The number of benzene rings is 1. The van der Waals surface area contributed by atoms with E-state index in [-0.39, 0.29) is 6.61 Å². The number of hydrogen-bond donors (Lipinski definition) is 3. The summed E-state index contributed by atoms with van der Waals surface area (Å²) in [7, 11) is 0. The highest BCUT2D eigenvalue weighted by Crippen LogP contribution is 2.55. The summed E-state index contributed by atoms with van der Waals surface area (Å²) in [5.74, 6) is -2.18. The largest absolute Gasteiger partial charge is 0.396 e. The van der Waals surface area contributed by atoms with E-state index in [0.717, 1.165) is 5.56 Å². The summed E-state index contributed by atoms with van der Waals surface area (Å²) >= 11 is 0. The second-order valence-corrected chi connectivity index (χ2v) is 5.04. The molecule has 19 heavy (non-hydrogen) atoms. The van der Waals surface area contributed by atoms with Crippen molar-refractivity contribution in [2.45, 2.75) is 18.8 Å². The number of rotatable bonds is 5. The lowest BCUT2D eigenvalue weighted by Gasteiger charge is -2.50. The van der Waals surface area contributed by atoms with Gasteiger partial charge in [-0.05, 0) is 18.4 Å². The third kappa shape index (κ3) is 2.00. The van der Waals surface area contributed by atoms with Gasteiger partial charge in [0.2, 0.25) is 11.8 Å². The average molecular weight is 262 g/mol. The third-order valence-corrected chi connectivity index (χ3v) is 4.28. The van der Waals surface area contributed by atoms with Gasteiger partial charge in [-0.3, -0.25) is 9.59 Å². The Morgan fingerprint density at radius 3 is 2.32 bits per heavy atom. The van der Waals surface area contributed by atoms with Crippen LogP contribution in [0.3, 0.4) is 0 Å². The minimum absolute atomic E-state index is 0.239. The maximum absolute atomic E-state index is 11.9. The maximum Gasteiger partial charge on any atom is 0.225 e. The number of aliphatic hydroxyl groups excluding tert-OH is 1. The van der Waals surface area contributed by atoms with Crippen LogP contribution in [0.25, 0.3) is 0 Å². The van der Waals surface area contributed by atoms with E-state index in [1.54, 1.807) is 0 Å². The number of amides is 2. The Labute approximate surface area is 111 Å². The summed E-state index contributed by atoms with van der Waals surface area (Å²) in [4.78, 5) is 23.4. The number of nitrogens with two attached hydrogens (primary N) is 2. The molecule has 5 heteroatoms. The van der Waals surface area contributed by atoms with Crippen molar-refractivity contribution in [2.24, 2.45) is 22.8 Å². The van der Waals surface area contributed by atoms with Crippen molar-refractivity contribution in [1.29, 1.82) is 0 Å². The molecule has 1 saturated carbocycles. The Balaban J connectivity index is 2.44. The molecule has 3 atom stereocenters. The zero-order valence-corrected chi connectivity index (χ0v) is 10.6. The van der Waals surface area contributed by atoms with Crippen LogP contribution in [0, 0.1) is 11.3 Å². The number of carbonyl (C=O) groups excluding carboxylic acids is 2. The van der Waals surface area contributed by atoms with E-state index in [0.29, 0.717) is 12.8 Å². The van der Waals surface area contributed by atoms with Gasteiger partial charge in [0.1, 0.15) is 0 Å². The molecule has 2 amide bonds. The Morgan fingerprint density at radius 2 is 1.95 bits per heavy atom. The van der Waals surface area contributed by atoms with Crippen LogP contribution in [-0.2, 0) is 9.59 Å². The zero-order valence-electron chi connectivity index (χ0n) is 10.6. The van der Waals surface area contributed by atoms with Crippen molar-refractivity contribution in [3.05, 3.63) is 35.9 Å². The molecule has 0 saturated heterocycles. The molecule has 102 valence electrons. The van der Waals surface area contributed by atoms with Crippen LogP contribution in [0.2, 0.25) is 0 Å². The van der Waals surface area contributed by atoms with E-state index in [1.165, 1.54) is 0 Å². The Hall–Kier alpha value is -1.88. The van der Waals surface area contributed by atoms with Gasteiger partial charge in [0.15, 0.2) is 0 Å². The summed E-state index contributed by atoms with van der Waals surface area (Å²) in [6.07, 6.45) is 1.03. The summed E-state index contributed by atoms with van der Waals surface area (Å²) in [5.41, 5.74) is 10.6. The van der Waals surface area contributed by atoms with Crippen LogP contribution in [0.15, 0.2) is 30.3 Å². The first-order valence-corrected chi connectivity index (χ1v) is 6.29. The molecule has 2 rings (SSSR count). The molecule has 0 radical (unpaired) electrons. The first-order chi connectivity index (χ1) is 9.04. The van der Waals surface area contributed by atoms with E-state index in [4.69, 9.17) is 11.5 Å². The van der Waals surface area contributed by atoms with E-state index in [2.05, 4.69) is 0 Å². The van der Waals surface area contributed by atoms with Crippen molar-refractivity contribution >= 4 is 11.8 Å². The molecule has 1 aliphatic rings. The third-order valence-electron chi connectivity index (χ3n) is 4.28. The number of primary amides is 2. The highest BCUT2D eigenvalue weighted by atomic mass is 16.3. The lowest BCUT2D eigenvalue weighted by Crippen LogP contribution is -2.58. The van der Waals surface area contributed by atoms with Crippen LogP contribution >= 0.6 is 0 Å². The van der Waals surface area contributed by atoms with Gasteiger partial charge in [0.05, 0.1) is 17.9 Å². The van der Waals surface area contributed by atoms with Crippen molar-refractivity contribution in [1.82, 2.24) is 0 Å². The molecule has 5 nitrogen and oxygen atoms in total. The smallest absolute Gasteiger partial charge is 0.225 e. The molecule has 0 aromatic heterocycles. The number of hydrogen-bond acceptors (Lipinski definition) is 3. The maximum atomic E-state index is 11.9. The fraction of sp³-hybridized carbons (Fsp3) is 0.429. The minimum Gasteiger partial charge on any atom is -0.396 e.